The topological polar surface area (TPSA) is 55.4 Å². The van der Waals surface area contributed by atoms with Crippen molar-refractivity contribution in [1.82, 2.24) is 0 Å². The van der Waals surface area contributed by atoms with E-state index in [2.05, 4.69) is 82.3 Å². The van der Waals surface area contributed by atoms with E-state index < -0.39 is 6.29 Å². The summed E-state index contributed by atoms with van der Waals surface area (Å²) in [5, 5.41) is 0. The van der Waals surface area contributed by atoms with Gasteiger partial charge in [-0.1, -0.05) is 102 Å². The smallest absolute Gasteiger partial charge is 0.184 e. The molecule has 0 bridgehead atoms. The second kappa shape index (κ2) is 23.1. The second-order valence-electron chi connectivity index (χ2n) is 14.8. The SMILES string of the molecule is CC(C)=CCC/C(=C\CC/C(C)=C/CC/C(C)=C/Cc1cc(C2OCCO2)cc(OCc2ccccc2)c1OCc1ccccc1)COC1CCCCO1. The van der Waals surface area contributed by atoms with Gasteiger partial charge in [0.1, 0.15) is 13.2 Å². The number of allylic oxidation sites excluding steroid dienone is 7. The van der Waals surface area contributed by atoms with Crippen molar-refractivity contribution in [3.8, 4) is 11.5 Å². The quantitative estimate of drug-likeness (QED) is 0.102. The number of hydrogen-bond acceptors (Lipinski definition) is 6. The average Bonchev–Trinajstić information content (AvgIpc) is 3.74. The van der Waals surface area contributed by atoms with Gasteiger partial charge in [0.05, 0.1) is 19.8 Å². The van der Waals surface area contributed by atoms with E-state index in [0.717, 1.165) is 92.4 Å². The fraction of sp³-hybridized carbons (Fsp3) is 0.458. The highest BCUT2D eigenvalue weighted by molar-refractivity contribution is 5.51. The Morgan fingerprint density at radius 1 is 0.667 bits per heavy atom. The number of benzene rings is 3. The van der Waals surface area contributed by atoms with Crippen LogP contribution in [0.2, 0.25) is 0 Å². The number of hydrogen-bond donors (Lipinski definition) is 0. The maximum atomic E-state index is 6.57. The molecule has 6 nitrogen and oxygen atoms in total. The van der Waals surface area contributed by atoms with Gasteiger partial charge in [-0.05, 0) is 121 Å². The highest BCUT2D eigenvalue weighted by Gasteiger charge is 2.23. The van der Waals surface area contributed by atoms with Gasteiger partial charge in [-0.25, -0.2) is 0 Å². The van der Waals surface area contributed by atoms with Crippen LogP contribution in [0.25, 0.3) is 0 Å². The molecule has 5 rings (SSSR count). The molecule has 0 aromatic heterocycles. The molecule has 290 valence electrons. The van der Waals surface area contributed by atoms with Crippen LogP contribution in [0.1, 0.15) is 114 Å². The molecule has 3 aromatic rings. The standard InChI is InChI=1S/C48H62O6/c1-37(2)16-13-24-42(35-53-46-26-11-12-29-49-46)25-15-19-38(3)17-14-18-39(4)27-28-43-32-44(48-50-30-31-51-48)33-45(52-34-40-20-7-5-8-21-40)47(43)54-36-41-22-9-6-10-23-41/h5-10,16-17,20-23,25,27,32-33,46,48H,11-15,18-19,24,26,28-31,34-36H2,1-4H3/b38-17+,39-27+,42-25+. The maximum Gasteiger partial charge on any atom is 0.184 e. The van der Waals surface area contributed by atoms with Crippen molar-refractivity contribution in [3.63, 3.8) is 0 Å². The lowest BCUT2D eigenvalue weighted by atomic mass is 10.0. The molecule has 6 heteroatoms. The summed E-state index contributed by atoms with van der Waals surface area (Å²) < 4.78 is 36.9. The highest BCUT2D eigenvalue weighted by atomic mass is 16.7. The van der Waals surface area contributed by atoms with Crippen molar-refractivity contribution in [2.45, 2.75) is 118 Å². The fourth-order valence-corrected chi connectivity index (χ4v) is 6.62. The van der Waals surface area contributed by atoms with E-state index in [-0.39, 0.29) is 6.29 Å². The largest absolute Gasteiger partial charge is 0.485 e. The average molecular weight is 735 g/mol. The first-order valence-electron chi connectivity index (χ1n) is 20.0. The molecule has 0 N–H and O–H groups in total. The van der Waals surface area contributed by atoms with Crippen molar-refractivity contribution in [2.24, 2.45) is 0 Å². The molecule has 0 radical (unpaired) electrons. The third-order valence-electron chi connectivity index (χ3n) is 9.80. The molecule has 0 spiro atoms. The number of rotatable bonds is 21. The van der Waals surface area contributed by atoms with Crippen LogP contribution >= 0.6 is 0 Å². The van der Waals surface area contributed by atoms with Gasteiger partial charge >= 0.3 is 0 Å². The van der Waals surface area contributed by atoms with Crippen molar-refractivity contribution >= 4 is 0 Å². The minimum Gasteiger partial charge on any atom is -0.485 e. The molecule has 2 saturated heterocycles. The zero-order valence-electron chi connectivity index (χ0n) is 33.2. The van der Waals surface area contributed by atoms with Gasteiger partial charge in [-0.2, -0.15) is 0 Å². The molecule has 2 heterocycles. The van der Waals surface area contributed by atoms with Crippen LogP contribution < -0.4 is 9.47 Å². The summed E-state index contributed by atoms with van der Waals surface area (Å²) in [6.07, 6.45) is 19.2. The molecule has 1 atom stereocenters. The van der Waals surface area contributed by atoms with E-state index >= 15 is 0 Å². The van der Waals surface area contributed by atoms with E-state index in [1.807, 2.05) is 42.5 Å². The molecule has 3 aromatic carbocycles. The lowest BCUT2D eigenvalue weighted by Gasteiger charge is -2.23. The fourth-order valence-electron chi connectivity index (χ4n) is 6.62. The van der Waals surface area contributed by atoms with Crippen molar-refractivity contribution < 1.29 is 28.4 Å². The molecule has 0 aliphatic carbocycles. The van der Waals surface area contributed by atoms with Gasteiger partial charge in [0.2, 0.25) is 0 Å². The van der Waals surface area contributed by atoms with Gasteiger partial charge < -0.3 is 28.4 Å². The molecule has 0 saturated carbocycles. The van der Waals surface area contributed by atoms with Gasteiger partial charge in [0.15, 0.2) is 24.1 Å². The summed E-state index contributed by atoms with van der Waals surface area (Å²) >= 11 is 0. The first-order valence-corrected chi connectivity index (χ1v) is 20.0. The Labute approximate surface area is 324 Å². The Balaban J connectivity index is 1.22. The van der Waals surface area contributed by atoms with Gasteiger partial charge in [-0.3, -0.25) is 0 Å². The normalized spacial score (nSPS) is 17.1. The van der Waals surface area contributed by atoms with Crippen molar-refractivity contribution in [1.29, 1.82) is 0 Å². The van der Waals surface area contributed by atoms with Crippen LogP contribution in [0.4, 0.5) is 0 Å². The molecule has 1 unspecified atom stereocenters. The summed E-state index contributed by atoms with van der Waals surface area (Å²) in [5.74, 6) is 1.47. The molecular weight excluding hydrogens is 673 g/mol. The summed E-state index contributed by atoms with van der Waals surface area (Å²) in [7, 11) is 0. The lowest BCUT2D eigenvalue weighted by molar-refractivity contribution is -0.157. The zero-order valence-corrected chi connectivity index (χ0v) is 33.2. The minimum absolute atomic E-state index is 0.0498. The van der Waals surface area contributed by atoms with E-state index in [0.29, 0.717) is 38.8 Å². The molecule has 0 amide bonds. The summed E-state index contributed by atoms with van der Waals surface area (Å²) in [6, 6.07) is 24.7. The Hall–Kier alpha value is -3.94. The van der Waals surface area contributed by atoms with E-state index in [9.17, 15) is 0 Å². The Morgan fingerprint density at radius 3 is 1.98 bits per heavy atom. The van der Waals surface area contributed by atoms with Crippen molar-refractivity contribution in [2.75, 3.05) is 26.4 Å². The Bertz CT molecular complexity index is 1660. The van der Waals surface area contributed by atoms with Crippen LogP contribution in [0.5, 0.6) is 11.5 Å². The molecule has 2 fully saturated rings. The monoisotopic (exact) mass is 734 g/mol. The third-order valence-corrected chi connectivity index (χ3v) is 9.80. The first-order chi connectivity index (χ1) is 26.4. The van der Waals surface area contributed by atoms with Crippen LogP contribution in [0.15, 0.2) is 119 Å². The van der Waals surface area contributed by atoms with Gasteiger partial charge in [0.25, 0.3) is 0 Å². The van der Waals surface area contributed by atoms with Crippen LogP contribution in [-0.4, -0.2) is 32.7 Å². The van der Waals surface area contributed by atoms with Gasteiger partial charge in [-0.15, -0.1) is 0 Å². The maximum absolute atomic E-state index is 6.57. The highest BCUT2D eigenvalue weighted by Crippen LogP contribution is 2.39. The van der Waals surface area contributed by atoms with Crippen LogP contribution in [0, 0.1) is 0 Å². The first kappa shape index (κ1) is 41.2. The van der Waals surface area contributed by atoms with E-state index in [1.165, 1.54) is 28.7 Å². The molecule has 2 aliphatic rings. The Kier molecular flexibility index (Phi) is 17.6. The third kappa shape index (κ3) is 14.7. The lowest BCUT2D eigenvalue weighted by Crippen LogP contribution is -2.23. The van der Waals surface area contributed by atoms with E-state index in [1.54, 1.807) is 0 Å². The van der Waals surface area contributed by atoms with Gasteiger partial charge in [0, 0.05) is 17.7 Å². The molecule has 2 aliphatic heterocycles. The van der Waals surface area contributed by atoms with E-state index in [4.69, 9.17) is 28.4 Å². The second-order valence-corrected chi connectivity index (χ2v) is 14.8. The zero-order chi connectivity index (χ0) is 37.8. The molecular formula is C48H62O6. The van der Waals surface area contributed by atoms with Crippen LogP contribution in [-0.2, 0) is 38.6 Å². The number of ether oxygens (including phenoxy) is 6. The predicted octanol–water partition coefficient (Wildman–Crippen LogP) is 12.1. The predicted molar refractivity (Wildman–Crippen MR) is 219 cm³/mol. The Morgan fingerprint density at radius 2 is 1.31 bits per heavy atom. The molecule has 54 heavy (non-hydrogen) atoms. The summed E-state index contributed by atoms with van der Waals surface area (Å²) in [6.45, 7) is 12.3. The van der Waals surface area contributed by atoms with Crippen LogP contribution in [0.3, 0.4) is 0 Å². The summed E-state index contributed by atoms with van der Waals surface area (Å²) in [5.41, 5.74) is 9.74. The summed E-state index contributed by atoms with van der Waals surface area (Å²) in [4.78, 5) is 0. The minimum atomic E-state index is -0.411. The van der Waals surface area contributed by atoms with Crippen molar-refractivity contribution in [3.05, 3.63) is 142 Å².